The Balaban J connectivity index is 1.44. The molecule has 0 bridgehead atoms. The molecule has 12 atom stereocenters. The monoisotopic (exact) mass is 570 g/mol. The fraction of sp³-hybridized carbons (Fsp3) is 0.886. The number of ether oxygens (including phenoxy) is 3. The third kappa shape index (κ3) is 3.55. The van der Waals surface area contributed by atoms with Crippen LogP contribution in [0.2, 0.25) is 0 Å². The van der Waals surface area contributed by atoms with Crippen LogP contribution in [0.5, 0.6) is 0 Å². The van der Waals surface area contributed by atoms with Crippen molar-refractivity contribution >= 4 is 23.6 Å². The lowest BCUT2D eigenvalue weighted by atomic mass is 9.32. The molecule has 0 aromatic heterocycles. The molecule has 0 amide bonds. The molecular weight excluding hydrogens is 516 g/mol. The number of allylic oxidation sites excluding steroid dienone is 2. The van der Waals surface area contributed by atoms with Gasteiger partial charge in [0.25, 0.3) is 0 Å². The smallest absolute Gasteiger partial charge is 0.312 e. The van der Waals surface area contributed by atoms with E-state index in [1.807, 2.05) is 5.37 Å². The van der Waals surface area contributed by atoms with E-state index in [0.717, 1.165) is 45.1 Å². The zero-order valence-corrected chi connectivity index (χ0v) is 27.4. The highest BCUT2D eigenvalue weighted by Crippen LogP contribution is 2.76. The highest BCUT2D eigenvalue weighted by molar-refractivity contribution is 7.79. The van der Waals surface area contributed by atoms with Gasteiger partial charge in [0.2, 0.25) is 0 Å². The summed E-state index contributed by atoms with van der Waals surface area (Å²) in [6, 6.07) is 0. The normalized spacial score (nSPS) is 54.8. The fourth-order valence-corrected chi connectivity index (χ4v) is 12.5. The van der Waals surface area contributed by atoms with Crippen molar-refractivity contribution in [3.05, 3.63) is 11.6 Å². The maximum Gasteiger partial charge on any atom is 0.312 e. The molecule has 4 unspecified atom stereocenters. The maximum atomic E-state index is 13.6. The van der Waals surface area contributed by atoms with Gasteiger partial charge in [0.05, 0.1) is 25.2 Å². The molecule has 0 aromatic rings. The van der Waals surface area contributed by atoms with E-state index in [2.05, 4.69) is 61.5 Å². The van der Waals surface area contributed by atoms with Gasteiger partial charge in [-0.2, -0.15) is 0 Å². The molecule has 1 saturated heterocycles. The average Bonchev–Trinajstić information content (AvgIpc) is 2.90. The van der Waals surface area contributed by atoms with E-state index in [-0.39, 0.29) is 51.0 Å². The average molecular weight is 571 g/mol. The van der Waals surface area contributed by atoms with Gasteiger partial charge in [0, 0.05) is 11.3 Å². The van der Waals surface area contributed by atoms with Crippen LogP contribution in [0.1, 0.15) is 107 Å². The van der Waals surface area contributed by atoms with Crippen LogP contribution < -0.4 is 0 Å². The minimum atomic E-state index is -0.560. The standard InChI is InChI=1S/C35H54O4S/c1-21-12-15-35(29(36)37-9)17-16-33(7)24(27(35)22(21)2)10-11-26-31(5)18-23(19-40)28-32(6,20-38-30(3,4)39-28)25(31)13-14-34(26,33)8/h10,19,21-23,25-28H,11-18,20H2,1-9H3/t21-,22+,23+,25?,26?,27?,28?,31+,32+,33-,34-,35+/m1/s1. The van der Waals surface area contributed by atoms with E-state index in [9.17, 15) is 4.79 Å². The number of thiocarbonyl (C=S) groups is 1. The topological polar surface area (TPSA) is 44.8 Å². The number of fused-ring (bicyclic) bond motifs is 9. The lowest BCUT2D eigenvalue weighted by Gasteiger charge is -2.73. The molecule has 40 heavy (non-hydrogen) atoms. The van der Waals surface area contributed by atoms with Gasteiger partial charge in [-0.15, -0.1) is 0 Å². The van der Waals surface area contributed by atoms with Crippen LogP contribution >= 0.6 is 12.2 Å². The molecule has 0 N–H and O–H groups in total. The number of esters is 1. The minimum Gasteiger partial charge on any atom is -0.469 e. The summed E-state index contributed by atoms with van der Waals surface area (Å²) in [6.07, 6.45) is 11.5. The molecule has 0 spiro atoms. The van der Waals surface area contributed by atoms with Gasteiger partial charge in [-0.25, -0.2) is 0 Å². The molecule has 224 valence electrons. The largest absolute Gasteiger partial charge is 0.469 e. The Morgan fingerprint density at radius 3 is 2.40 bits per heavy atom. The first kappa shape index (κ1) is 29.3. The molecule has 6 rings (SSSR count). The van der Waals surface area contributed by atoms with Crippen molar-refractivity contribution in [1.82, 2.24) is 0 Å². The second kappa shape index (κ2) is 9.11. The summed E-state index contributed by atoms with van der Waals surface area (Å²) in [5.41, 5.74) is 1.61. The molecule has 6 aliphatic rings. The number of carbonyl (C=O) groups is 1. The number of hydrogen-bond donors (Lipinski definition) is 0. The molecule has 1 aliphatic heterocycles. The van der Waals surface area contributed by atoms with Crippen molar-refractivity contribution in [2.24, 2.45) is 62.6 Å². The first-order chi connectivity index (χ1) is 18.6. The molecule has 1 heterocycles. The second-order valence-corrected chi connectivity index (χ2v) is 16.8. The van der Waals surface area contributed by atoms with Gasteiger partial charge < -0.3 is 14.2 Å². The Bertz CT molecular complexity index is 1110. The predicted octanol–water partition coefficient (Wildman–Crippen LogP) is 8.17. The van der Waals surface area contributed by atoms with Crippen LogP contribution in [-0.4, -0.2) is 36.9 Å². The van der Waals surface area contributed by atoms with Gasteiger partial charge in [0.1, 0.15) is 0 Å². The molecule has 5 fully saturated rings. The van der Waals surface area contributed by atoms with Gasteiger partial charge in [-0.1, -0.05) is 65.4 Å². The first-order valence-corrected chi connectivity index (χ1v) is 16.7. The third-order valence-corrected chi connectivity index (χ3v) is 15.0. The lowest BCUT2D eigenvalue weighted by Crippen LogP contribution is -2.70. The quantitative estimate of drug-likeness (QED) is 0.190. The predicted molar refractivity (Wildman–Crippen MR) is 163 cm³/mol. The zero-order chi connectivity index (χ0) is 29.1. The molecule has 4 saturated carbocycles. The van der Waals surface area contributed by atoms with Crippen molar-refractivity contribution in [2.75, 3.05) is 13.7 Å². The summed E-state index contributed by atoms with van der Waals surface area (Å²) in [5.74, 6) is 2.23. The van der Waals surface area contributed by atoms with Crippen LogP contribution in [0, 0.1) is 62.6 Å². The molecule has 4 nitrogen and oxygen atoms in total. The Morgan fingerprint density at radius 2 is 1.73 bits per heavy atom. The SMILES string of the molecule is COC(=O)[C@]12CC[C@@H](C)[C@H](C)C1C1=CCC3[C@@]4(C)C[C@@H](C=S)C5OC(C)(C)OC[C@@]5(C)C4CC[C@@]3(C)[C@]1(C)CC2. The number of carbonyl (C=O) groups excluding carboxylic acids is 1. The lowest BCUT2D eigenvalue weighted by molar-refractivity contribution is -0.357. The molecule has 5 heteroatoms. The molecule has 0 aromatic carbocycles. The van der Waals surface area contributed by atoms with E-state index in [1.54, 1.807) is 12.7 Å². The number of rotatable bonds is 2. The summed E-state index contributed by atoms with van der Waals surface area (Å²) in [6.45, 7) is 19.9. The Labute approximate surface area is 248 Å². The molecular formula is C35H54O4S. The van der Waals surface area contributed by atoms with Crippen molar-refractivity contribution < 1.29 is 19.0 Å². The summed E-state index contributed by atoms with van der Waals surface area (Å²) in [4.78, 5) is 13.6. The summed E-state index contributed by atoms with van der Waals surface area (Å²) in [5, 5.41) is 2.03. The Hall–Kier alpha value is -0.780. The molecule has 0 radical (unpaired) electrons. The van der Waals surface area contributed by atoms with Gasteiger partial charge in [-0.3, -0.25) is 4.79 Å². The van der Waals surface area contributed by atoms with E-state index in [1.165, 1.54) is 12.8 Å². The van der Waals surface area contributed by atoms with Crippen molar-refractivity contribution in [3.63, 3.8) is 0 Å². The van der Waals surface area contributed by atoms with Crippen LogP contribution in [0.3, 0.4) is 0 Å². The van der Waals surface area contributed by atoms with Crippen molar-refractivity contribution in [2.45, 2.75) is 119 Å². The zero-order valence-electron chi connectivity index (χ0n) is 26.6. The van der Waals surface area contributed by atoms with E-state index in [0.29, 0.717) is 23.7 Å². The van der Waals surface area contributed by atoms with E-state index >= 15 is 0 Å². The Kier molecular flexibility index (Phi) is 6.68. The highest BCUT2D eigenvalue weighted by Gasteiger charge is 2.71. The van der Waals surface area contributed by atoms with Crippen molar-refractivity contribution in [3.8, 4) is 0 Å². The second-order valence-electron chi connectivity index (χ2n) is 16.5. The maximum absolute atomic E-state index is 13.6. The number of hydrogen-bond acceptors (Lipinski definition) is 5. The van der Waals surface area contributed by atoms with Gasteiger partial charge in [-0.05, 0) is 116 Å². The summed E-state index contributed by atoms with van der Waals surface area (Å²) >= 11 is 5.73. The minimum absolute atomic E-state index is 0.0393. The Morgan fingerprint density at radius 1 is 1.00 bits per heavy atom. The van der Waals surface area contributed by atoms with E-state index in [4.69, 9.17) is 26.4 Å². The summed E-state index contributed by atoms with van der Waals surface area (Å²) in [7, 11) is 1.60. The number of methoxy groups -OCH3 is 1. The van der Waals surface area contributed by atoms with Gasteiger partial charge >= 0.3 is 5.97 Å². The third-order valence-electron chi connectivity index (χ3n) is 14.7. The van der Waals surface area contributed by atoms with E-state index < -0.39 is 5.79 Å². The summed E-state index contributed by atoms with van der Waals surface area (Å²) < 4.78 is 18.6. The van der Waals surface area contributed by atoms with Crippen LogP contribution in [-0.2, 0) is 19.0 Å². The van der Waals surface area contributed by atoms with Crippen LogP contribution in [0.15, 0.2) is 11.6 Å². The van der Waals surface area contributed by atoms with Crippen molar-refractivity contribution in [1.29, 1.82) is 0 Å². The van der Waals surface area contributed by atoms with Crippen LogP contribution in [0.4, 0.5) is 0 Å². The van der Waals surface area contributed by atoms with Gasteiger partial charge in [0.15, 0.2) is 5.79 Å². The fourth-order valence-electron chi connectivity index (χ4n) is 12.3. The van der Waals surface area contributed by atoms with Crippen LogP contribution in [0.25, 0.3) is 0 Å². The first-order valence-electron chi connectivity index (χ1n) is 16.2. The highest BCUT2D eigenvalue weighted by atomic mass is 32.1. The molecule has 5 aliphatic carbocycles.